The Morgan fingerprint density at radius 1 is 1.33 bits per heavy atom. The summed E-state index contributed by atoms with van der Waals surface area (Å²) in [4.78, 5) is 16.5. The smallest absolute Gasteiger partial charge is 0.360 e. The minimum Gasteiger partial charge on any atom is -0.483 e. The normalized spacial score (nSPS) is 14.2. The number of fused-ring (bicyclic) bond motifs is 1. The molecule has 3 rings (SSSR count). The number of methoxy groups -OCH3 is 1. The maximum Gasteiger partial charge on any atom is 0.360 e. The molecule has 0 saturated carbocycles. The number of rotatable bonds is 4. The molecule has 1 atom stereocenters. The zero-order valence-electron chi connectivity index (χ0n) is 13.7. The Morgan fingerprint density at radius 3 is 2.92 bits per heavy atom. The second kappa shape index (κ2) is 7.22. The van der Waals surface area contributed by atoms with Crippen LogP contribution in [0.1, 0.15) is 22.5 Å². The number of hydrogen-bond acceptors (Lipinski definition) is 5. The quantitative estimate of drug-likeness (QED) is 0.525. The Hall–Kier alpha value is -2.07. The standard InChI is InChI=1S/C17H18BN2O3P/c1-22-17(21)16-15(23-24(2)18)8-7-13(20-16)12-6-5-11-4-3-9-19-14(11)10-12/h5-8,10,19H,3-4,9H2,1-2H3. The van der Waals surface area contributed by atoms with E-state index < -0.39 is 14.0 Å². The van der Waals surface area contributed by atoms with Crippen LogP contribution in [0.3, 0.4) is 0 Å². The Balaban J connectivity index is 2.00. The second-order valence-electron chi connectivity index (χ2n) is 5.57. The molecule has 1 aromatic carbocycles. The zero-order chi connectivity index (χ0) is 17.1. The van der Waals surface area contributed by atoms with Gasteiger partial charge in [0.2, 0.25) is 0 Å². The summed E-state index contributed by atoms with van der Waals surface area (Å²) >= 11 is 0. The lowest BCUT2D eigenvalue weighted by atomic mass is 10.00. The average Bonchev–Trinajstić information content (AvgIpc) is 2.60. The maximum atomic E-state index is 12.0. The molecule has 1 aliphatic heterocycles. The van der Waals surface area contributed by atoms with Crippen LogP contribution in [0.2, 0.25) is 0 Å². The van der Waals surface area contributed by atoms with Gasteiger partial charge in [-0.25, -0.2) is 9.78 Å². The highest BCUT2D eigenvalue weighted by atomic mass is 31.1. The van der Waals surface area contributed by atoms with Crippen molar-refractivity contribution in [3.05, 3.63) is 41.6 Å². The van der Waals surface area contributed by atoms with Gasteiger partial charge in [0, 0.05) is 25.8 Å². The van der Waals surface area contributed by atoms with Crippen LogP contribution in [0.4, 0.5) is 5.69 Å². The average molecular weight is 340 g/mol. The van der Waals surface area contributed by atoms with Gasteiger partial charge < -0.3 is 14.6 Å². The lowest BCUT2D eigenvalue weighted by Gasteiger charge is -2.19. The van der Waals surface area contributed by atoms with Gasteiger partial charge in [-0.15, -0.1) is 0 Å². The molecule has 1 unspecified atom stereocenters. The lowest BCUT2D eigenvalue weighted by molar-refractivity contribution is 0.0592. The molecular formula is C17H18BN2O3P. The summed E-state index contributed by atoms with van der Waals surface area (Å²) in [7, 11) is 5.88. The Morgan fingerprint density at radius 2 is 2.17 bits per heavy atom. The second-order valence-corrected chi connectivity index (χ2v) is 6.85. The Bertz CT molecular complexity index is 767. The fraction of sp³-hybridized carbons (Fsp3) is 0.294. The molecule has 7 heteroatoms. The van der Waals surface area contributed by atoms with Crippen molar-refractivity contribution in [3.63, 3.8) is 0 Å². The number of aryl methyl sites for hydroxylation is 1. The summed E-state index contributed by atoms with van der Waals surface area (Å²) in [6.07, 6.45) is 2.22. The minimum absolute atomic E-state index is 0.139. The summed E-state index contributed by atoms with van der Waals surface area (Å²) < 4.78 is 10.3. The SMILES string of the molecule is [B]P(C)Oc1ccc(-c2ccc3c(c2)NCCC3)nc1C(=O)OC. The summed E-state index contributed by atoms with van der Waals surface area (Å²) in [6, 6.07) is 9.73. The first-order chi connectivity index (χ1) is 11.6. The van der Waals surface area contributed by atoms with E-state index in [1.165, 1.54) is 12.7 Å². The number of ether oxygens (including phenoxy) is 1. The number of benzene rings is 1. The van der Waals surface area contributed by atoms with E-state index >= 15 is 0 Å². The number of hydrogen-bond donors (Lipinski definition) is 1. The fourth-order valence-corrected chi connectivity index (χ4v) is 3.16. The molecule has 0 saturated heterocycles. The van der Waals surface area contributed by atoms with Gasteiger partial charge in [-0.1, -0.05) is 12.1 Å². The van der Waals surface area contributed by atoms with Crippen molar-refractivity contribution in [2.45, 2.75) is 12.8 Å². The van der Waals surface area contributed by atoms with Crippen molar-refractivity contribution in [2.75, 3.05) is 25.6 Å². The third kappa shape index (κ3) is 3.54. The van der Waals surface area contributed by atoms with Crippen LogP contribution in [0.15, 0.2) is 30.3 Å². The summed E-state index contributed by atoms with van der Waals surface area (Å²) in [6.45, 7) is 2.72. The van der Waals surface area contributed by atoms with Gasteiger partial charge in [-0.05, 0) is 43.3 Å². The third-order valence-electron chi connectivity index (χ3n) is 3.82. The van der Waals surface area contributed by atoms with Gasteiger partial charge in [-0.2, -0.15) is 0 Å². The molecule has 0 amide bonds. The lowest BCUT2D eigenvalue weighted by Crippen LogP contribution is -2.11. The van der Waals surface area contributed by atoms with Gasteiger partial charge in [-0.3, -0.25) is 0 Å². The van der Waals surface area contributed by atoms with Crippen LogP contribution in [0.25, 0.3) is 11.3 Å². The number of carbonyl (C=O) groups excluding carboxylic acids is 1. The molecule has 0 fully saturated rings. The molecular weight excluding hydrogens is 322 g/mol. The van der Waals surface area contributed by atoms with Crippen LogP contribution in [0.5, 0.6) is 5.75 Å². The fourth-order valence-electron chi connectivity index (χ4n) is 2.70. The van der Waals surface area contributed by atoms with Crippen molar-refractivity contribution >= 4 is 27.2 Å². The first-order valence-electron chi connectivity index (χ1n) is 7.71. The molecule has 0 aliphatic carbocycles. The number of nitrogens with one attached hydrogen (secondary N) is 1. The van der Waals surface area contributed by atoms with Gasteiger partial charge in [0.1, 0.15) is 0 Å². The van der Waals surface area contributed by atoms with Crippen molar-refractivity contribution < 1.29 is 14.1 Å². The van der Waals surface area contributed by atoms with E-state index in [2.05, 4.69) is 22.4 Å². The maximum absolute atomic E-state index is 12.0. The van der Waals surface area contributed by atoms with E-state index in [0.717, 1.165) is 30.6 Å². The molecule has 122 valence electrons. The molecule has 1 N–H and O–H groups in total. The molecule has 0 bridgehead atoms. The van der Waals surface area contributed by atoms with Gasteiger partial charge in [0.15, 0.2) is 19.0 Å². The highest BCUT2D eigenvalue weighted by Gasteiger charge is 2.18. The molecule has 1 aliphatic rings. The highest BCUT2D eigenvalue weighted by molar-refractivity contribution is 7.77. The largest absolute Gasteiger partial charge is 0.483 e. The van der Waals surface area contributed by atoms with E-state index in [1.54, 1.807) is 12.7 Å². The summed E-state index contributed by atoms with van der Waals surface area (Å²) in [5, 5.41) is 3.40. The Labute approximate surface area is 144 Å². The van der Waals surface area contributed by atoms with Crippen molar-refractivity contribution in [1.82, 2.24) is 4.98 Å². The van der Waals surface area contributed by atoms with E-state index in [1.807, 2.05) is 12.1 Å². The third-order valence-corrected chi connectivity index (χ3v) is 4.31. The molecule has 2 heterocycles. The minimum atomic E-state index is -1.15. The molecule has 24 heavy (non-hydrogen) atoms. The number of pyridine rings is 1. The van der Waals surface area contributed by atoms with Gasteiger partial charge in [0.05, 0.1) is 12.8 Å². The van der Waals surface area contributed by atoms with Gasteiger partial charge >= 0.3 is 5.97 Å². The topological polar surface area (TPSA) is 60.5 Å². The van der Waals surface area contributed by atoms with Crippen LogP contribution in [-0.4, -0.2) is 38.8 Å². The number of carbonyl (C=O) groups is 1. The molecule has 0 spiro atoms. The highest BCUT2D eigenvalue weighted by Crippen LogP contribution is 2.34. The van der Waals surface area contributed by atoms with E-state index in [0.29, 0.717) is 11.4 Å². The van der Waals surface area contributed by atoms with E-state index in [9.17, 15) is 4.79 Å². The predicted molar refractivity (Wildman–Crippen MR) is 97.0 cm³/mol. The van der Waals surface area contributed by atoms with Crippen LogP contribution >= 0.6 is 8.03 Å². The molecule has 2 radical (unpaired) electrons. The summed E-state index contributed by atoms with van der Waals surface area (Å²) in [5.74, 6) is -0.197. The van der Waals surface area contributed by atoms with Crippen LogP contribution in [0, 0.1) is 0 Å². The van der Waals surface area contributed by atoms with Crippen molar-refractivity contribution in [3.8, 4) is 17.0 Å². The van der Waals surface area contributed by atoms with Crippen molar-refractivity contribution in [1.29, 1.82) is 0 Å². The number of anilines is 1. The molecule has 2 aromatic rings. The number of nitrogens with zero attached hydrogens (tertiary/aromatic N) is 1. The van der Waals surface area contributed by atoms with Crippen LogP contribution < -0.4 is 9.84 Å². The molecule has 1 aromatic heterocycles. The molecule has 5 nitrogen and oxygen atoms in total. The number of aromatic nitrogens is 1. The predicted octanol–water partition coefficient (Wildman–Crippen LogP) is 3.38. The van der Waals surface area contributed by atoms with Gasteiger partial charge in [0.25, 0.3) is 0 Å². The Kier molecular flexibility index (Phi) is 5.05. The first-order valence-corrected chi connectivity index (χ1v) is 9.49. The monoisotopic (exact) mass is 340 g/mol. The first kappa shape index (κ1) is 16.8. The van der Waals surface area contributed by atoms with E-state index in [4.69, 9.17) is 16.8 Å². The number of esters is 1. The van der Waals surface area contributed by atoms with Crippen LogP contribution in [-0.2, 0) is 11.2 Å². The van der Waals surface area contributed by atoms with E-state index in [-0.39, 0.29) is 5.69 Å². The zero-order valence-corrected chi connectivity index (χ0v) is 14.6. The van der Waals surface area contributed by atoms with Crippen molar-refractivity contribution in [2.24, 2.45) is 0 Å². The summed E-state index contributed by atoms with van der Waals surface area (Å²) in [5.41, 5.74) is 4.19.